The van der Waals surface area contributed by atoms with Gasteiger partial charge in [-0.25, -0.2) is 0 Å². The SMILES string of the molecule is CCC1CCCCC1C(N)CC1CCSCC1. The van der Waals surface area contributed by atoms with Crippen molar-refractivity contribution in [1.29, 1.82) is 0 Å². The summed E-state index contributed by atoms with van der Waals surface area (Å²) < 4.78 is 0. The normalized spacial score (nSPS) is 33.5. The molecule has 17 heavy (non-hydrogen) atoms. The molecular weight excluding hydrogens is 226 g/mol. The highest BCUT2D eigenvalue weighted by Gasteiger charge is 2.30. The third-order valence-corrected chi connectivity index (χ3v) is 6.04. The third kappa shape index (κ3) is 3.89. The molecule has 0 aromatic heterocycles. The van der Waals surface area contributed by atoms with Gasteiger partial charge in [-0.15, -0.1) is 0 Å². The Balaban J connectivity index is 1.82. The molecule has 0 aromatic rings. The zero-order chi connectivity index (χ0) is 12.1. The number of rotatable bonds is 4. The van der Waals surface area contributed by atoms with Crippen LogP contribution in [-0.4, -0.2) is 17.5 Å². The Morgan fingerprint density at radius 2 is 1.82 bits per heavy atom. The van der Waals surface area contributed by atoms with Gasteiger partial charge in [-0.1, -0.05) is 32.6 Å². The van der Waals surface area contributed by atoms with Crippen molar-refractivity contribution in [2.24, 2.45) is 23.5 Å². The molecule has 1 nitrogen and oxygen atoms in total. The van der Waals surface area contributed by atoms with Gasteiger partial charge in [0.1, 0.15) is 0 Å². The molecule has 2 rings (SSSR count). The lowest BCUT2D eigenvalue weighted by Crippen LogP contribution is -2.38. The predicted molar refractivity (Wildman–Crippen MR) is 78.4 cm³/mol. The largest absolute Gasteiger partial charge is 0.327 e. The lowest BCUT2D eigenvalue weighted by atomic mass is 9.72. The number of thioether (sulfide) groups is 1. The number of hydrogen-bond acceptors (Lipinski definition) is 2. The quantitative estimate of drug-likeness (QED) is 0.819. The molecule has 1 aliphatic heterocycles. The predicted octanol–water partition coefficient (Wildman–Crippen LogP) is 4.06. The fourth-order valence-corrected chi connectivity index (χ4v) is 5.05. The highest BCUT2D eigenvalue weighted by Crippen LogP contribution is 2.37. The van der Waals surface area contributed by atoms with E-state index < -0.39 is 0 Å². The fraction of sp³-hybridized carbons (Fsp3) is 1.00. The lowest BCUT2D eigenvalue weighted by Gasteiger charge is -2.37. The molecule has 0 amide bonds. The molecule has 3 unspecified atom stereocenters. The first kappa shape index (κ1) is 13.7. The van der Waals surface area contributed by atoms with Gasteiger partial charge in [0.05, 0.1) is 0 Å². The molecule has 1 saturated carbocycles. The summed E-state index contributed by atoms with van der Waals surface area (Å²) >= 11 is 2.13. The average Bonchev–Trinajstić information content (AvgIpc) is 2.40. The third-order valence-electron chi connectivity index (χ3n) is 4.99. The van der Waals surface area contributed by atoms with Crippen LogP contribution in [0.25, 0.3) is 0 Å². The van der Waals surface area contributed by atoms with Crippen LogP contribution in [0, 0.1) is 17.8 Å². The van der Waals surface area contributed by atoms with Gasteiger partial charge in [-0.2, -0.15) is 11.8 Å². The van der Waals surface area contributed by atoms with E-state index in [1.165, 1.54) is 62.9 Å². The molecule has 100 valence electrons. The van der Waals surface area contributed by atoms with Gasteiger partial charge in [0, 0.05) is 6.04 Å². The van der Waals surface area contributed by atoms with Gasteiger partial charge in [-0.3, -0.25) is 0 Å². The van der Waals surface area contributed by atoms with Gasteiger partial charge in [0.2, 0.25) is 0 Å². The van der Waals surface area contributed by atoms with E-state index in [4.69, 9.17) is 5.73 Å². The summed E-state index contributed by atoms with van der Waals surface area (Å²) in [6.45, 7) is 2.35. The van der Waals surface area contributed by atoms with E-state index in [1.807, 2.05) is 0 Å². The second kappa shape index (κ2) is 7.04. The van der Waals surface area contributed by atoms with E-state index in [9.17, 15) is 0 Å². The van der Waals surface area contributed by atoms with E-state index in [0.29, 0.717) is 6.04 Å². The molecule has 2 heteroatoms. The minimum atomic E-state index is 0.494. The van der Waals surface area contributed by atoms with Gasteiger partial charge >= 0.3 is 0 Å². The lowest BCUT2D eigenvalue weighted by molar-refractivity contribution is 0.177. The van der Waals surface area contributed by atoms with Crippen LogP contribution in [0.3, 0.4) is 0 Å². The maximum atomic E-state index is 6.54. The van der Waals surface area contributed by atoms with Crippen LogP contribution < -0.4 is 5.73 Å². The van der Waals surface area contributed by atoms with Crippen molar-refractivity contribution in [2.75, 3.05) is 11.5 Å². The van der Waals surface area contributed by atoms with E-state index in [2.05, 4.69) is 18.7 Å². The van der Waals surface area contributed by atoms with Crippen molar-refractivity contribution in [3.63, 3.8) is 0 Å². The summed E-state index contributed by atoms with van der Waals surface area (Å²) in [7, 11) is 0. The highest BCUT2D eigenvalue weighted by molar-refractivity contribution is 7.99. The van der Waals surface area contributed by atoms with Crippen LogP contribution in [0.1, 0.15) is 58.3 Å². The molecule has 1 saturated heterocycles. The molecule has 2 fully saturated rings. The maximum absolute atomic E-state index is 6.54. The first-order valence-electron chi connectivity index (χ1n) is 7.64. The smallest absolute Gasteiger partial charge is 0.00724 e. The molecule has 0 spiro atoms. The van der Waals surface area contributed by atoms with Gasteiger partial charge in [0.15, 0.2) is 0 Å². The highest BCUT2D eigenvalue weighted by atomic mass is 32.2. The second-order valence-electron chi connectivity index (χ2n) is 6.07. The van der Waals surface area contributed by atoms with Gasteiger partial charge in [0.25, 0.3) is 0 Å². The van der Waals surface area contributed by atoms with Crippen LogP contribution in [0.15, 0.2) is 0 Å². The van der Waals surface area contributed by atoms with E-state index >= 15 is 0 Å². The molecule has 0 bridgehead atoms. The van der Waals surface area contributed by atoms with Crippen LogP contribution in [0.2, 0.25) is 0 Å². The molecule has 1 heterocycles. The van der Waals surface area contributed by atoms with Crippen molar-refractivity contribution < 1.29 is 0 Å². The van der Waals surface area contributed by atoms with Crippen molar-refractivity contribution >= 4 is 11.8 Å². The van der Waals surface area contributed by atoms with Crippen LogP contribution in [0.4, 0.5) is 0 Å². The van der Waals surface area contributed by atoms with Crippen LogP contribution in [-0.2, 0) is 0 Å². The topological polar surface area (TPSA) is 26.0 Å². The Bertz CT molecular complexity index is 213. The monoisotopic (exact) mass is 255 g/mol. The summed E-state index contributed by atoms with van der Waals surface area (Å²) in [5.41, 5.74) is 6.54. The Hall–Kier alpha value is 0.310. The Labute approximate surface area is 111 Å². The maximum Gasteiger partial charge on any atom is 0.00724 e. The minimum Gasteiger partial charge on any atom is -0.327 e. The summed E-state index contributed by atoms with van der Waals surface area (Å²) in [4.78, 5) is 0. The van der Waals surface area contributed by atoms with Crippen LogP contribution in [0.5, 0.6) is 0 Å². The van der Waals surface area contributed by atoms with E-state index in [-0.39, 0.29) is 0 Å². The molecule has 1 aliphatic carbocycles. The van der Waals surface area contributed by atoms with Crippen LogP contribution >= 0.6 is 11.8 Å². The van der Waals surface area contributed by atoms with Gasteiger partial charge in [-0.05, 0) is 54.9 Å². The molecule has 0 aromatic carbocycles. The standard InChI is InChI=1S/C15H29NS/c1-2-13-5-3-4-6-14(13)15(16)11-12-7-9-17-10-8-12/h12-15H,2-11,16H2,1H3. The zero-order valence-electron chi connectivity index (χ0n) is 11.4. The van der Waals surface area contributed by atoms with Gasteiger partial charge < -0.3 is 5.73 Å². The Kier molecular flexibility index (Phi) is 5.68. The van der Waals surface area contributed by atoms with Crippen molar-refractivity contribution in [2.45, 2.75) is 64.3 Å². The van der Waals surface area contributed by atoms with Crippen molar-refractivity contribution in [3.8, 4) is 0 Å². The number of nitrogens with two attached hydrogens (primary N) is 1. The summed E-state index contributed by atoms with van der Waals surface area (Å²) in [6.07, 6.45) is 11.2. The Morgan fingerprint density at radius 3 is 2.53 bits per heavy atom. The summed E-state index contributed by atoms with van der Waals surface area (Å²) in [5.74, 6) is 5.45. The summed E-state index contributed by atoms with van der Waals surface area (Å²) in [6, 6.07) is 0.494. The first-order chi connectivity index (χ1) is 8.31. The Morgan fingerprint density at radius 1 is 1.12 bits per heavy atom. The summed E-state index contributed by atoms with van der Waals surface area (Å²) in [5, 5.41) is 0. The minimum absolute atomic E-state index is 0.494. The molecular formula is C15H29NS. The first-order valence-corrected chi connectivity index (χ1v) is 8.80. The molecule has 0 radical (unpaired) electrons. The molecule has 2 N–H and O–H groups in total. The van der Waals surface area contributed by atoms with E-state index in [1.54, 1.807) is 0 Å². The fourth-order valence-electron chi connectivity index (χ4n) is 3.85. The van der Waals surface area contributed by atoms with E-state index in [0.717, 1.165) is 17.8 Å². The number of hydrogen-bond donors (Lipinski definition) is 1. The van der Waals surface area contributed by atoms with Crippen molar-refractivity contribution in [3.05, 3.63) is 0 Å². The molecule has 2 aliphatic rings. The average molecular weight is 255 g/mol. The second-order valence-corrected chi connectivity index (χ2v) is 7.30. The zero-order valence-corrected chi connectivity index (χ0v) is 12.2. The molecule has 3 atom stereocenters. The van der Waals surface area contributed by atoms with Crippen molar-refractivity contribution in [1.82, 2.24) is 0 Å².